The molecule has 1 atom stereocenters. The van der Waals surface area contributed by atoms with Crippen molar-refractivity contribution < 1.29 is 14.3 Å². The van der Waals surface area contributed by atoms with Crippen molar-refractivity contribution in [2.45, 2.75) is 26.4 Å². The molecule has 3 rings (SSSR count). The minimum atomic E-state index is -0.943. The Kier molecular flexibility index (Phi) is 5.93. The zero-order chi connectivity index (χ0) is 19.2. The summed E-state index contributed by atoms with van der Waals surface area (Å²) < 4.78 is 5.19. The SMILES string of the molecule is CCc1ccc(-c2csc(NC(=O)[C@@H](C)OC(=O)c3ccncc3)n2)cc1. The third kappa shape index (κ3) is 4.77. The van der Waals surface area contributed by atoms with Gasteiger partial charge >= 0.3 is 5.97 Å². The average molecular weight is 381 g/mol. The summed E-state index contributed by atoms with van der Waals surface area (Å²) in [6, 6.07) is 11.2. The molecule has 0 radical (unpaired) electrons. The van der Waals surface area contributed by atoms with Gasteiger partial charge in [-0.25, -0.2) is 9.78 Å². The zero-order valence-corrected chi connectivity index (χ0v) is 15.8. The van der Waals surface area contributed by atoms with Gasteiger partial charge in [0.15, 0.2) is 11.2 Å². The number of pyridine rings is 1. The summed E-state index contributed by atoms with van der Waals surface area (Å²) in [5.74, 6) is -1.00. The van der Waals surface area contributed by atoms with Crippen LogP contribution >= 0.6 is 11.3 Å². The highest BCUT2D eigenvalue weighted by atomic mass is 32.1. The van der Waals surface area contributed by atoms with E-state index in [1.807, 2.05) is 17.5 Å². The molecule has 2 heterocycles. The number of thiazole rings is 1. The fraction of sp³-hybridized carbons (Fsp3) is 0.200. The number of amides is 1. The number of esters is 1. The van der Waals surface area contributed by atoms with Crippen LogP contribution in [0.2, 0.25) is 0 Å². The summed E-state index contributed by atoms with van der Waals surface area (Å²) >= 11 is 1.32. The van der Waals surface area contributed by atoms with Crippen LogP contribution in [0, 0.1) is 0 Å². The molecule has 0 saturated carbocycles. The van der Waals surface area contributed by atoms with Crippen LogP contribution in [0.5, 0.6) is 0 Å². The monoisotopic (exact) mass is 381 g/mol. The number of ether oxygens (including phenoxy) is 1. The normalized spacial score (nSPS) is 11.6. The molecule has 3 aromatic rings. The smallest absolute Gasteiger partial charge is 0.339 e. The maximum Gasteiger partial charge on any atom is 0.339 e. The lowest BCUT2D eigenvalue weighted by atomic mass is 10.1. The molecule has 0 aliphatic carbocycles. The van der Waals surface area contributed by atoms with E-state index in [1.165, 1.54) is 48.4 Å². The van der Waals surface area contributed by atoms with E-state index < -0.39 is 18.0 Å². The van der Waals surface area contributed by atoms with Crippen LogP contribution in [0.1, 0.15) is 29.8 Å². The van der Waals surface area contributed by atoms with E-state index in [1.54, 1.807) is 0 Å². The summed E-state index contributed by atoms with van der Waals surface area (Å²) in [4.78, 5) is 32.6. The molecule has 1 aromatic carbocycles. The Morgan fingerprint density at radius 1 is 1.15 bits per heavy atom. The number of nitrogens with one attached hydrogen (secondary N) is 1. The van der Waals surface area contributed by atoms with E-state index in [4.69, 9.17) is 4.74 Å². The van der Waals surface area contributed by atoms with Crippen LogP contribution in [-0.4, -0.2) is 27.9 Å². The van der Waals surface area contributed by atoms with E-state index in [-0.39, 0.29) is 0 Å². The lowest BCUT2D eigenvalue weighted by Gasteiger charge is -2.12. The van der Waals surface area contributed by atoms with Gasteiger partial charge in [0.1, 0.15) is 0 Å². The number of hydrogen-bond donors (Lipinski definition) is 1. The Labute approximate surface area is 161 Å². The third-order valence-electron chi connectivity index (χ3n) is 3.96. The van der Waals surface area contributed by atoms with E-state index in [2.05, 4.69) is 34.3 Å². The van der Waals surface area contributed by atoms with Gasteiger partial charge in [0.05, 0.1) is 11.3 Å². The zero-order valence-electron chi connectivity index (χ0n) is 15.0. The van der Waals surface area contributed by atoms with Gasteiger partial charge in [0.2, 0.25) is 0 Å². The Morgan fingerprint density at radius 3 is 2.52 bits per heavy atom. The molecular weight excluding hydrogens is 362 g/mol. The first-order valence-electron chi connectivity index (χ1n) is 8.53. The third-order valence-corrected chi connectivity index (χ3v) is 4.72. The minimum absolute atomic E-state index is 0.344. The minimum Gasteiger partial charge on any atom is -0.449 e. The van der Waals surface area contributed by atoms with Crippen LogP contribution < -0.4 is 5.32 Å². The fourth-order valence-electron chi connectivity index (χ4n) is 2.35. The summed E-state index contributed by atoms with van der Waals surface area (Å²) in [7, 11) is 0. The Morgan fingerprint density at radius 2 is 1.85 bits per heavy atom. The maximum absolute atomic E-state index is 12.3. The van der Waals surface area contributed by atoms with Crippen LogP contribution in [0.25, 0.3) is 11.3 Å². The second-order valence-electron chi connectivity index (χ2n) is 5.86. The number of benzene rings is 1. The van der Waals surface area contributed by atoms with Gasteiger partial charge in [0, 0.05) is 23.3 Å². The number of rotatable bonds is 6. The quantitative estimate of drug-likeness (QED) is 0.654. The predicted molar refractivity (Wildman–Crippen MR) is 105 cm³/mol. The Bertz CT molecular complexity index is 923. The van der Waals surface area contributed by atoms with Gasteiger partial charge in [0.25, 0.3) is 5.91 Å². The largest absolute Gasteiger partial charge is 0.449 e. The number of aromatic nitrogens is 2. The van der Waals surface area contributed by atoms with E-state index in [9.17, 15) is 9.59 Å². The Hall–Kier alpha value is -3.06. The predicted octanol–water partition coefficient (Wildman–Crippen LogP) is 3.95. The number of carbonyl (C=O) groups excluding carboxylic acids is 2. The molecule has 0 saturated heterocycles. The lowest BCUT2D eigenvalue weighted by molar-refractivity contribution is -0.123. The fourth-order valence-corrected chi connectivity index (χ4v) is 3.07. The molecule has 0 spiro atoms. The van der Waals surface area contributed by atoms with Crippen LogP contribution in [0.3, 0.4) is 0 Å². The number of anilines is 1. The summed E-state index contributed by atoms with van der Waals surface area (Å²) in [6.45, 7) is 3.63. The molecule has 27 heavy (non-hydrogen) atoms. The summed E-state index contributed by atoms with van der Waals surface area (Å²) in [6.07, 6.45) is 3.02. The van der Waals surface area contributed by atoms with Crippen molar-refractivity contribution in [3.8, 4) is 11.3 Å². The molecule has 0 unspecified atom stereocenters. The second kappa shape index (κ2) is 8.55. The maximum atomic E-state index is 12.3. The number of nitrogens with zero attached hydrogens (tertiary/aromatic N) is 2. The van der Waals surface area contributed by atoms with E-state index in [0.29, 0.717) is 10.7 Å². The van der Waals surface area contributed by atoms with Crippen molar-refractivity contribution in [3.63, 3.8) is 0 Å². The molecule has 2 aromatic heterocycles. The molecule has 1 N–H and O–H groups in total. The molecule has 0 bridgehead atoms. The first-order chi connectivity index (χ1) is 13.1. The van der Waals surface area contributed by atoms with Crippen LogP contribution in [0.15, 0.2) is 54.2 Å². The molecule has 1 amide bonds. The van der Waals surface area contributed by atoms with Crippen molar-refractivity contribution in [2.75, 3.05) is 5.32 Å². The molecule has 0 aliphatic rings. The molecule has 6 nitrogen and oxygen atoms in total. The molecule has 0 aliphatic heterocycles. The first kappa shape index (κ1) is 18.7. The standard InChI is InChI=1S/C20H19N3O3S/c1-3-14-4-6-15(7-5-14)17-12-27-20(22-17)23-18(24)13(2)26-19(25)16-8-10-21-11-9-16/h4-13H,3H2,1-2H3,(H,22,23,24)/t13-/m1/s1. The molecule has 0 fully saturated rings. The highest BCUT2D eigenvalue weighted by molar-refractivity contribution is 7.14. The van der Waals surface area contributed by atoms with Gasteiger partial charge in [-0.3, -0.25) is 15.1 Å². The van der Waals surface area contributed by atoms with E-state index in [0.717, 1.165) is 17.7 Å². The lowest BCUT2D eigenvalue weighted by Crippen LogP contribution is -2.29. The van der Waals surface area contributed by atoms with Crippen molar-refractivity contribution in [1.29, 1.82) is 0 Å². The van der Waals surface area contributed by atoms with Crippen LogP contribution in [-0.2, 0) is 16.0 Å². The van der Waals surface area contributed by atoms with Crippen molar-refractivity contribution in [2.24, 2.45) is 0 Å². The summed E-state index contributed by atoms with van der Waals surface area (Å²) in [5, 5.41) is 5.03. The highest BCUT2D eigenvalue weighted by Gasteiger charge is 2.20. The van der Waals surface area contributed by atoms with Gasteiger partial charge in [-0.15, -0.1) is 11.3 Å². The molecular formula is C20H19N3O3S. The van der Waals surface area contributed by atoms with Gasteiger partial charge < -0.3 is 4.74 Å². The number of hydrogen-bond acceptors (Lipinski definition) is 6. The summed E-state index contributed by atoms with van der Waals surface area (Å²) in [5.41, 5.74) is 3.38. The second-order valence-corrected chi connectivity index (χ2v) is 6.72. The van der Waals surface area contributed by atoms with E-state index >= 15 is 0 Å². The average Bonchev–Trinajstić information content (AvgIpc) is 3.17. The van der Waals surface area contributed by atoms with Gasteiger partial charge in [-0.2, -0.15) is 0 Å². The highest BCUT2D eigenvalue weighted by Crippen LogP contribution is 2.25. The topological polar surface area (TPSA) is 81.2 Å². The van der Waals surface area contributed by atoms with Crippen molar-refractivity contribution in [3.05, 3.63) is 65.3 Å². The van der Waals surface area contributed by atoms with Gasteiger partial charge in [-0.1, -0.05) is 31.2 Å². The first-order valence-corrected chi connectivity index (χ1v) is 9.41. The molecule has 138 valence electrons. The molecule has 7 heteroatoms. The van der Waals surface area contributed by atoms with Gasteiger partial charge in [-0.05, 0) is 31.0 Å². The van der Waals surface area contributed by atoms with Crippen molar-refractivity contribution >= 4 is 28.3 Å². The number of aryl methyl sites for hydroxylation is 1. The van der Waals surface area contributed by atoms with Crippen molar-refractivity contribution in [1.82, 2.24) is 9.97 Å². The Balaban J connectivity index is 1.60. The van der Waals surface area contributed by atoms with Crippen LogP contribution in [0.4, 0.5) is 5.13 Å². The number of carbonyl (C=O) groups is 2.